The van der Waals surface area contributed by atoms with Crippen molar-refractivity contribution in [3.05, 3.63) is 29.3 Å². The van der Waals surface area contributed by atoms with E-state index in [-0.39, 0.29) is 12.5 Å². The highest BCUT2D eigenvalue weighted by atomic mass is 16.4. The molecule has 1 atom stereocenters. The van der Waals surface area contributed by atoms with E-state index in [4.69, 9.17) is 5.73 Å². The topological polar surface area (TPSA) is 83.6 Å². The molecular formula is C13H16N2O3. The number of amides is 1. The van der Waals surface area contributed by atoms with E-state index in [2.05, 4.69) is 0 Å². The van der Waals surface area contributed by atoms with Crippen LogP contribution in [0.5, 0.6) is 0 Å². The fourth-order valence-corrected chi connectivity index (χ4v) is 2.48. The average molecular weight is 248 g/mol. The van der Waals surface area contributed by atoms with Crippen LogP contribution < -0.4 is 10.6 Å². The van der Waals surface area contributed by atoms with Gasteiger partial charge >= 0.3 is 5.97 Å². The van der Waals surface area contributed by atoms with Crippen LogP contribution in [0.4, 0.5) is 5.69 Å². The third kappa shape index (κ3) is 1.97. The minimum absolute atomic E-state index is 0.0227. The highest BCUT2D eigenvalue weighted by molar-refractivity contribution is 5.94. The second-order valence-electron chi connectivity index (χ2n) is 4.39. The first-order valence-electron chi connectivity index (χ1n) is 5.89. The normalized spacial score (nSPS) is 15.3. The molecule has 0 aliphatic carbocycles. The summed E-state index contributed by atoms with van der Waals surface area (Å²) in [6.45, 7) is 2.18. The molecule has 5 heteroatoms. The number of carboxylic acid groups (broad SMARTS) is 1. The first-order valence-corrected chi connectivity index (χ1v) is 5.89. The lowest BCUT2D eigenvalue weighted by Crippen LogP contribution is -2.25. The van der Waals surface area contributed by atoms with Crippen molar-refractivity contribution in [3.8, 4) is 0 Å². The smallest absolute Gasteiger partial charge is 0.312 e. The summed E-state index contributed by atoms with van der Waals surface area (Å²) in [6, 6.07) is 5.41. The molecule has 1 heterocycles. The first-order chi connectivity index (χ1) is 8.56. The summed E-state index contributed by atoms with van der Waals surface area (Å²) in [5, 5.41) is 9.17. The maximum absolute atomic E-state index is 11.5. The minimum Gasteiger partial charge on any atom is -0.481 e. The van der Waals surface area contributed by atoms with Crippen molar-refractivity contribution in [3.63, 3.8) is 0 Å². The molecule has 1 unspecified atom stereocenters. The van der Waals surface area contributed by atoms with Crippen molar-refractivity contribution < 1.29 is 14.7 Å². The lowest BCUT2D eigenvalue weighted by atomic mass is 9.93. The number of benzene rings is 1. The Bertz CT molecular complexity index is 499. The van der Waals surface area contributed by atoms with Crippen LogP contribution in [0.15, 0.2) is 18.2 Å². The molecular weight excluding hydrogens is 232 g/mol. The molecule has 0 radical (unpaired) electrons. The molecule has 1 aromatic carbocycles. The quantitative estimate of drug-likeness (QED) is 0.825. The van der Waals surface area contributed by atoms with E-state index in [0.717, 1.165) is 16.8 Å². The molecule has 1 aliphatic rings. The summed E-state index contributed by atoms with van der Waals surface area (Å²) < 4.78 is 0. The largest absolute Gasteiger partial charge is 0.481 e. The van der Waals surface area contributed by atoms with Gasteiger partial charge in [-0.25, -0.2) is 0 Å². The molecule has 96 valence electrons. The van der Waals surface area contributed by atoms with Crippen LogP contribution in [0.25, 0.3) is 0 Å². The van der Waals surface area contributed by atoms with Gasteiger partial charge in [-0.05, 0) is 23.6 Å². The number of aliphatic carboxylic acids is 1. The van der Waals surface area contributed by atoms with Crippen LogP contribution in [0.1, 0.15) is 24.0 Å². The molecule has 1 amide bonds. The highest BCUT2D eigenvalue weighted by Crippen LogP contribution is 2.34. The molecule has 3 N–H and O–H groups in total. The van der Waals surface area contributed by atoms with Crippen LogP contribution in [0.2, 0.25) is 0 Å². The number of carboxylic acids is 1. The van der Waals surface area contributed by atoms with Crippen LogP contribution in [-0.4, -0.2) is 30.1 Å². The van der Waals surface area contributed by atoms with Gasteiger partial charge in [-0.1, -0.05) is 12.1 Å². The second kappa shape index (κ2) is 4.78. The molecule has 5 nitrogen and oxygen atoms in total. The number of hydrogen-bond donors (Lipinski definition) is 2. The number of nitrogens with two attached hydrogens (primary N) is 1. The predicted molar refractivity (Wildman–Crippen MR) is 67.6 cm³/mol. The monoisotopic (exact) mass is 248 g/mol. The van der Waals surface area contributed by atoms with Gasteiger partial charge in [0, 0.05) is 25.7 Å². The highest BCUT2D eigenvalue weighted by Gasteiger charge is 2.28. The number of carbonyl (C=O) groups is 2. The minimum atomic E-state index is -0.924. The molecule has 18 heavy (non-hydrogen) atoms. The Hall–Kier alpha value is -1.88. The molecule has 0 saturated heterocycles. The Balaban J connectivity index is 2.47. The summed E-state index contributed by atoms with van der Waals surface area (Å²) >= 11 is 0. The third-order valence-electron chi connectivity index (χ3n) is 3.35. The standard InChI is InChI=1S/C13H16N2O3/c1-8(16)15-6-5-10-9(3-2-4-12(10)15)11(7-14)13(17)18/h2-4,11H,5-7,14H2,1H3,(H,17,18). The zero-order chi connectivity index (χ0) is 13.3. The zero-order valence-electron chi connectivity index (χ0n) is 10.2. The summed E-state index contributed by atoms with van der Waals surface area (Å²) in [4.78, 5) is 24.3. The average Bonchev–Trinajstić information content (AvgIpc) is 2.74. The van der Waals surface area contributed by atoms with Crippen molar-refractivity contribution in [2.45, 2.75) is 19.3 Å². The van der Waals surface area contributed by atoms with E-state index in [1.54, 1.807) is 17.0 Å². The van der Waals surface area contributed by atoms with Crippen molar-refractivity contribution in [1.29, 1.82) is 0 Å². The lowest BCUT2D eigenvalue weighted by Gasteiger charge is -2.17. The van der Waals surface area contributed by atoms with Crippen LogP contribution in [0.3, 0.4) is 0 Å². The summed E-state index contributed by atoms with van der Waals surface area (Å²) in [5.41, 5.74) is 8.02. The molecule has 2 rings (SSSR count). The second-order valence-corrected chi connectivity index (χ2v) is 4.39. The fourth-order valence-electron chi connectivity index (χ4n) is 2.48. The van der Waals surface area contributed by atoms with Crippen molar-refractivity contribution in [2.75, 3.05) is 18.0 Å². The Labute approximate surface area is 105 Å². The summed E-state index contributed by atoms with van der Waals surface area (Å²) in [6.07, 6.45) is 0.689. The van der Waals surface area contributed by atoms with Crippen LogP contribution in [0, 0.1) is 0 Å². The van der Waals surface area contributed by atoms with E-state index in [9.17, 15) is 14.7 Å². The van der Waals surface area contributed by atoms with Gasteiger partial charge in [0.25, 0.3) is 0 Å². The van der Waals surface area contributed by atoms with Gasteiger partial charge in [0.15, 0.2) is 0 Å². The Morgan fingerprint density at radius 1 is 1.50 bits per heavy atom. The SMILES string of the molecule is CC(=O)N1CCc2c(C(CN)C(=O)O)cccc21. The Kier molecular flexibility index (Phi) is 3.34. The van der Waals surface area contributed by atoms with Crippen molar-refractivity contribution in [2.24, 2.45) is 5.73 Å². The van der Waals surface area contributed by atoms with Gasteiger partial charge < -0.3 is 15.7 Å². The maximum atomic E-state index is 11.5. The van der Waals surface area contributed by atoms with Crippen LogP contribution in [-0.2, 0) is 16.0 Å². The van der Waals surface area contributed by atoms with E-state index in [1.807, 2.05) is 6.07 Å². The number of nitrogens with zero attached hydrogens (tertiary/aromatic N) is 1. The van der Waals surface area contributed by atoms with Gasteiger partial charge in [-0.2, -0.15) is 0 Å². The predicted octanol–water partition coefficient (Wildman–Crippen LogP) is 0.723. The van der Waals surface area contributed by atoms with Crippen molar-refractivity contribution in [1.82, 2.24) is 0 Å². The molecule has 1 aliphatic heterocycles. The molecule has 0 saturated carbocycles. The van der Waals surface area contributed by atoms with Gasteiger partial charge in [-0.3, -0.25) is 9.59 Å². The fraction of sp³-hybridized carbons (Fsp3) is 0.385. The summed E-state index contributed by atoms with van der Waals surface area (Å²) in [7, 11) is 0. The van der Waals surface area contributed by atoms with Gasteiger partial charge in [0.1, 0.15) is 0 Å². The molecule has 0 spiro atoms. The summed E-state index contributed by atoms with van der Waals surface area (Å²) in [5.74, 6) is -1.65. The Morgan fingerprint density at radius 2 is 2.22 bits per heavy atom. The van der Waals surface area contributed by atoms with E-state index in [0.29, 0.717) is 13.0 Å². The van der Waals surface area contributed by atoms with Gasteiger partial charge in [0.2, 0.25) is 5.91 Å². The zero-order valence-corrected chi connectivity index (χ0v) is 10.2. The maximum Gasteiger partial charge on any atom is 0.312 e. The Morgan fingerprint density at radius 3 is 2.78 bits per heavy atom. The number of carbonyl (C=O) groups excluding carboxylic acids is 1. The number of anilines is 1. The van der Waals surface area contributed by atoms with Gasteiger partial charge in [-0.15, -0.1) is 0 Å². The number of fused-ring (bicyclic) bond motifs is 1. The number of hydrogen-bond acceptors (Lipinski definition) is 3. The van der Waals surface area contributed by atoms with E-state index < -0.39 is 11.9 Å². The van der Waals surface area contributed by atoms with Gasteiger partial charge in [0.05, 0.1) is 5.92 Å². The first kappa shape index (κ1) is 12.6. The van der Waals surface area contributed by atoms with Crippen LogP contribution >= 0.6 is 0 Å². The number of rotatable bonds is 3. The third-order valence-corrected chi connectivity index (χ3v) is 3.35. The molecule has 0 aromatic heterocycles. The molecule has 1 aromatic rings. The molecule has 0 bridgehead atoms. The van der Waals surface area contributed by atoms with E-state index in [1.165, 1.54) is 6.92 Å². The lowest BCUT2D eigenvalue weighted by molar-refractivity contribution is -0.138. The van der Waals surface area contributed by atoms with E-state index >= 15 is 0 Å². The molecule has 0 fully saturated rings. The van der Waals surface area contributed by atoms with Crippen molar-refractivity contribution >= 4 is 17.6 Å².